The third kappa shape index (κ3) is 4.32. The van der Waals surface area contributed by atoms with Crippen LogP contribution in [-0.4, -0.2) is 26.4 Å². The quantitative estimate of drug-likeness (QED) is 0.733. The molecule has 2 heterocycles. The average molecular weight is 348 g/mol. The predicted octanol–water partition coefficient (Wildman–Crippen LogP) is 2.28. The molecule has 0 bridgehead atoms. The molecule has 0 radical (unpaired) electrons. The van der Waals surface area contributed by atoms with E-state index in [0.29, 0.717) is 28.3 Å². The van der Waals surface area contributed by atoms with E-state index in [2.05, 4.69) is 31.0 Å². The second kappa shape index (κ2) is 7.13. The van der Waals surface area contributed by atoms with E-state index < -0.39 is 6.03 Å². The van der Waals surface area contributed by atoms with Gasteiger partial charge in [0.25, 0.3) is 0 Å². The summed E-state index contributed by atoms with van der Waals surface area (Å²) in [5.74, 6) is 0.510. The normalized spacial score (nSPS) is 10.6. The van der Waals surface area contributed by atoms with Crippen molar-refractivity contribution < 1.29 is 13.7 Å². The maximum Gasteiger partial charge on any atom is 0.321 e. The van der Waals surface area contributed by atoms with E-state index in [1.807, 2.05) is 0 Å². The number of carbonyl (C=O) groups is 1. The fourth-order valence-electron chi connectivity index (χ4n) is 1.91. The van der Waals surface area contributed by atoms with Gasteiger partial charge in [0.2, 0.25) is 11.0 Å². The highest BCUT2D eigenvalue weighted by molar-refractivity contribution is 7.15. The Bertz CT molecular complexity index is 849. The van der Waals surface area contributed by atoms with Crippen LogP contribution in [-0.2, 0) is 13.0 Å². The smallest absolute Gasteiger partial charge is 0.321 e. The molecular formula is C14H13FN6O2S. The summed E-state index contributed by atoms with van der Waals surface area (Å²) in [4.78, 5) is 15.8. The number of anilines is 1. The van der Waals surface area contributed by atoms with Gasteiger partial charge in [0, 0.05) is 6.42 Å². The van der Waals surface area contributed by atoms with Crippen LogP contribution in [0.2, 0.25) is 0 Å². The van der Waals surface area contributed by atoms with Gasteiger partial charge in [-0.25, -0.2) is 9.18 Å². The molecule has 2 aromatic heterocycles. The van der Waals surface area contributed by atoms with Crippen molar-refractivity contribution in [3.8, 4) is 0 Å². The number of rotatable bonds is 5. The Morgan fingerprint density at radius 1 is 1.38 bits per heavy atom. The Morgan fingerprint density at radius 3 is 3.00 bits per heavy atom. The number of nitrogens with zero attached hydrogens (tertiary/aromatic N) is 4. The van der Waals surface area contributed by atoms with Gasteiger partial charge in [-0.3, -0.25) is 5.32 Å². The number of hydrogen-bond donors (Lipinski definition) is 2. The third-order valence-electron chi connectivity index (χ3n) is 2.90. The van der Waals surface area contributed by atoms with Crippen LogP contribution in [0, 0.1) is 12.7 Å². The summed E-state index contributed by atoms with van der Waals surface area (Å²) in [7, 11) is 0. The van der Waals surface area contributed by atoms with Crippen LogP contribution in [0.3, 0.4) is 0 Å². The summed E-state index contributed by atoms with van der Waals surface area (Å²) in [6, 6.07) is 5.80. The number of hydrogen-bond acceptors (Lipinski definition) is 7. The first-order valence-corrected chi connectivity index (χ1v) is 7.81. The summed E-state index contributed by atoms with van der Waals surface area (Å²) in [5.41, 5.74) is 0.786. The first-order chi connectivity index (χ1) is 11.6. The van der Waals surface area contributed by atoms with Crippen molar-refractivity contribution in [2.24, 2.45) is 0 Å². The van der Waals surface area contributed by atoms with E-state index in [0.717, 1.165) is 5.56 Å². The number of amides is 2. The molecule has 1 aromatic carbocycles. The molecule has 24 heavy (non-hydrogen) atoms. The second-order valence-electron chi connectivity index (χ2n) is 4.85. The molecule has 0 spiro atoms. The van der Waals surface area contributed by atoms with Crippen LogP contribution >= 0.6 is 11.3 Å². The highest BCUT2D eigenvalue weighted by Gasteiger charge is 2.10. The maximum absolute atomic E-state index is 13.2. The number of aryl methyl sites for hydroxylation is 1. The van der Waals surface area contributed by atoms with Gasteiger partial charge in [-0.05, 0) is 24.6 Å². The molecule has 2 amide bonds. The molecule has 0 saturated carbocycles. The highest BCUT2D eigenvalue weighted by atomic mass is 32.1. The Labute approximate surface area is 140 Å². The third-order valence-corrected chi connectivity index (χ3v) is 3.74. The SMILES string of the molecule is Cc1noc(CNC(=O)Nc2nnc(Cc3cccc(F)c3)s2)n1. The number of carbonyl (C=O) groups excluding carboxylic acids is 1. The maximum atomic E-state index is 13.2. The van der Waals surface area contributed by atoms with Gasteiger partial charge in [-0.1, -0.05) is 28.6 Å². The lowest BCUT2D eigenvalue weighted by molar-refractivity contribution is 0.249. The van der Waals surface area contributed by atoms with E-state index in [-0.39, 0.29) is 12.4 Å². The summed E-state index contributed by atoms with van der Waals surface area (Å²) in [6.45, 7) is 1.80. The topological polar surface area (TPSA) is 106 Å². The van der Waals surface area contributed by atoms with E-state index in [9.17, 15) is 9.18 Å². The summed E-state index contributed by atoms with van der Waals surface area (Å²) >= 11 is 1.22. The van der Waals surface area contributed by atoms with Crippen molar-refractivity contribution in [1.82, 2.24) is 25.7 Å². The fraction of sp³-hybridized carbons (Fsp3) is 0.214. The minimum atomic E-state index is -0.459. The van der Waals surface area contributed by atoms with E-state index >= 15 is 0 Å². The van der Waals surface area contributed by atoms with Crippen LogP contribution in [0.5, 0.6) is 0 Å². The molecule has 0 atom stereocenters. The van der Waals surface area contributed by atoms with Gasteiger partial charge in [0.15, 0.2) is 5.82 Å². The van der Waals surface area contributed by atoms with Gasteiger partial charge in [0.1, 0.15) is 10.8 Å². The van der Waals surface area contributed by atoms with Gasteiger partial charge >= 0.3 is 6.03 Å². The number of halogens is 1. The predicted molar refractivity (Wildman–Crippen MR) is 84.0 cm³/mol. The molecule has 0 saturated heterocycles. The van der Waals surface area contributed by atoms with Crippen LogP contribution in [0.1, 0.15) is 22.3 Å². The molecule has 3 rings (SSSR count). The van der Waals surface area contributed by atoms with Crippen LogP contribution in [0.15, 0.2) is 28.8 Å². The number of urea groups is 1. The molecule has 10 heteroatoms. The van der Waals surface area contributed by atoms with Crippen LogP contribution < -0.4 is 10.6 Å². The Morgan fingerprint density at radius 2 is 2.25 bits per heavy atom. The monoisotopic (exact) mass is 348 g/mol. The number of aromatic nitrogens is 4. The number of benzene rings is 1. The molecule has 0 aliphatic rings. The molecule has 0 fully saturated rings. The van der Waals surface area contributed by atoms with Crippen molar-refractivity contribution in [3.63, 3.8) is 0 Å². The van der Waals surface area contributed by atoms with E-state index in [4.69, 9.17) is 4.52 Å². The van der Waals surface area contributed by atoms with Gasteiger partial charge in [0.05, 0.1) is 6.54 Å². The standard InChI is InChI=1S/C14H13FN6O2S/c1-8-17-11(23-21-8)7-16-13(22)18-14-20-19-12(24-14)6-9-3-2-4-10(15)5-9/h2-5H,6-7H2,1H3,(H2,16,18,20,22). The zero-order chi connectivity index (χ0) is 16.9. The van der Waals surface area contributed by atoms with Gasteiger partial charge in [-0.15, -0.1) is 10.2 Å². The van der Waals surface area contributed by atoms with Gasteiger partial charge < -0.3 is 9.84 Å². The molecule has 3 aromatic rings. The van der Waals surface area contributed by atoms with Crippen molar-refractivity contribution >= 4 is 22.5 Å². The minimum Gasteiger partial charge on any atom is -0.337 e. The van der Waals surface area contributed by atoms with E-state index in [1.165, 1.54) is 23.5 Å². The first-order valence-electron chi connectivity index (χ1n) is 6.99. The number of nitrogens with one attached hydrogen (secondary N) is 2. The van der Waals surface area contributed by atoms with Crippen molar-refractivity contribution in [2.75, 3.05) is 5.32 Å². The molecule has 0 aliphatic carbocycles. The summed E-state index contributed by atoms with van der Waals surface area (Å²) < 4.78 is 18.0. The lowest BCUT2D eigenvalue weighted by Gasteiger charge is -2.01. The lowest BCUT2D eigenvalue weighted by Crippen LogP contribution is -2.28. The van der Waals surface area contributed by atoms with Crippen molar-refractivity contribution in [2.45, 2.75) is 19.9 Å². The minimum absolute atomic E-state index is 0.113. The zero-order valence-electron chi connectivity index (χ0n) is 12.6. The highest BCUT2D eigenvalue weighted by Crippen LogP contribution is 2.18. The Hall–Kier alpha value is -2.88. The molecule has 0 unspecified atom stereocenters. The van der Waals surface area contributed by atoms with Gasteiger partial charge in [-0.2, -0.15) is 4.98 Å². The molecule has 8 nitrogen and oxygen atoms in total. The largest absolute Gasteiger partial charge is 0.337 e. The van der Waals surface area contributed by atoms with Crippen molar-refractivity contribution in [3.05, 3.63) is 52.4 Å². The van der Waals surface area contributed by atoms with E-state index in [1.54, 1.807) is 19.1 Å². The Kier molecular flexibility index (Phi) is 4.75. The fourth-order valence-corrected chi connectivity index (χ4v) is 2.68. The molecule has 2 N–H and O–H groups in total. The van der Waals surface area contributed by atoms with Crippen LogP contribution in [0.25, 0.3) is 0 Å². The van der Waals surface area contributed by atoms with Crippen molar-refractivity contribution in [1.29, 1.82) is 0 Å². The average Bonchev–Trinajstić information content (AvgIpc) is 3.14. The zero-order valence-corrected chi connectivity index (χ0v) is 13.4. The second-order valence-corrected chi connectivity index (χ2v) is 5.91. The first kappa shape index (κ1) is 16.0. The Balaban J connectivity index is 1.52. The molecule has 124 valence electrons. The summed E-state index contributed by atoms with van der Waals surface area (Å²) in [5, 5.41) is 17.6. The lowest BCUT2D eigenvalue weighted by atomic mass is 10.1. The molecule has 0 aliphatic heterocycles. The van der Waals surface area contributed by atoms with Crippen LogP contribution in [0.4, 0.5) is 14.3 Å². The molecular weight excluding hydrogens is 335 g/mol. The summed E-state index contributed by atoms with van der Waals surface area (Å²) in [6.07, 6.45) is 0.444.